The standard InChI is InChI=1S/C18H19Cl3O6/c19-11-9-12(20)15(27-18(25)16(22)23)13(14(11)21)17(24)26-8-3-1-2-5-10-6-4-7-10/h9-10H,1-8H2,(H,22,23). The van der Waals surface area contributed by atoms with E-state index in [4.69, 9.17) is 44.6 Å². The number of unbranched alkanes of at least 4 members (excludes halogenated alkanes) is 2. The number of esters is 2. The number of carbonyl (C=O) groups excluding carboxylic acids is 2. The summed E-state index contributed by atoms with van der Waals surface area (Å²) < 4.78 is 9.84. The molecule has 0 aliphatic heterocycles. The van der Waals surface area contributed by atoms with Gasteiger partial charge in [0.15, 0.2) is 5.75 Å². The maximum atomic E-state index is 12.4. The van der Waals surface area contributed by atoms with Crippen molar-refractivity contribution in [1.29, 1.82) is 0 Å². The molecule has 148 valence electrons. The molecule has 0 bridgehead atoms. The van der Waals surface area contributed by atoms with Crippen molar-refractivity contribution in [3.63, 3.8) is 0 Å². The molecule has 0 radical (unpaired) electrons. The highest BCUT2D eigenvalue weighted by Gasteiger charge is 2.27. The summed E-state index contributed by atoms with van der Waals surface area (Å²) in [5.41, 5.74) is -0.377. The number of ether oxygens (including phenoxy) is 2. The van der Waals surface area contributed by atoms with Crippen LogP contribution in [0.15, 0.2) is 6.07 Å². The third-order valence-electron chi connectivity index (χ3n) is 4.41. The molecular weight excluding hydrogens is 419 g/mol. The number of carboxylic acids is 1. The fourth-order valence-corrected chi connectivity index (χ4v) is 3.45. The van der Waals surface area contributed by atoms with Gasteiger partial charge in [-0.05, 0) is 18.4 Å². The summed E-state index contributed by atoms with van der Waals surface area (Å²) in [4.78, 5) is 34.4. The first-order valence-electron chi connectivity index (χ1n) is 8.61. The summed E-state index contributed by atoms with van der Waals surface area (Å²) in [6, 6.07) is 1.15. The van der Waals surface area contributed by atoms with E-state index in [2.05, 4.69) is 4.74 Å². The van der Waals surface area contributed by atoms with Gasteiger partial charge in [0, 0.05) is 0 Å². The molecule has 0 heterocycles. The number of halogens is 3. The minimum atomic E-state index is -1.84. The van der Waals surface area contributed by atoms with E-state index in [0.29, 0.717) is 6.42 Å². The second-order valence-electron chi connectivity index (χ2n) is 6.34. The average Bonchev–Trinajstić information content (AvgIpc) is 2.57. The maximum Gasteiger partial charge on any atom is 0.422 e. The largest absolute Gasteiger partial charge is 0.473 e. The third-order valence-corrected chi connectivity index (χ3v) is 5.48. The van der Waals surface area contributed by atoms with Gasteiger partial charge in [-0.25, -0.2) is 14.4 Å². The van der Waals surface area contributed by atoms with Crippen LogP contribution in [0.5, 0.6) is 5.75 Å². The predicted molar refractivity (Wildman–Crippen MR) is 101 cm³/mol. The van der Waals surface area contributed by atoms with Crippen LogP contribution in [0.25, 0.3) is 0 Å². The zero-order valence-corrected chi connectivity index (χ0v) is 16.7. The van der Waals surface area contributed by atoms with Crippen molar-refractivity contribution in [2.45, 2.75) is 44.9 Å². The SMILES string of the molecule is O=C(O)C(=O)Oc1c(Cl)cc(Cl)c(Cl)c1C(=O)OCCCCCC1CCC1. The quantitative estimate of drug-likeness (QED) is 0.199. The van der Waals surface area contributed by atoms with E-state index in [1.54, 1.807) is 0 Å². The Labute approximate surface area is 171 Å². The van der Waals surface area contributed by atoms with Crippen LogP contribution in [0.3, 0.4) is 0 Å². The molecular formula is C18H19Cl3O6. The van der Waals surface area contributed by atoms with Gasteiger partial charge in [0.25, 0.3) is 0 Å². The number of hydrogen-bond acceptors (Lipinski definition) is 5. The molecule has 2 rings (SSSR count). The molecule has 1 N–H and O–H groups in total. The van der Waals surface area contributed by atoms with Gasteiger partial charge in [0.05, 0.1) is 21.7 Å². The van der Waals surface area contributed by atoms with Crippen LogP contribution in [0.1, 0.15) is 55.3 Å². The molecule has 1 aliphatic carbocycles. The van der Waals surface area contributed by atoms with Gasteiger partial charge in [0.2, 0.25) is 0 Å². The highest BCUT2D eigenvalue weighted by molar-refractivity contribution is 6.46. The lowest BCUT2D eigenvalue weighted by molar-refractivity contribution is -0.158. The number of aliphatic carboxylic acids is 1. The van der Waals surface area contributed by atoms with Gasteiger partial charge in [-0.1, -0.05) is 73.3 Å². The second-order valence-corrected chi connectivity index (χ2v) is 7.53. The number of benzene rings is 1. The van der Waals surface area contributed by atoms with Crippen LogP contribution in [0.4, 0.5) is 0 Å². The van der Waals surface area contributed by atoms with Crippen LogP contribution in [0, 0.1) is 5.92 Å². The van der Waals surface area contributed by atoms with Crippen LogP contribution in [-0.2, 0) is 14.3 Å². The van der Waals surface area contributed by atoms with Crippen LogP contribution >= 0.6 is 34.8 Å². The second kappa shape index (κ2) is 10.2. The Hall–Kier alpha value is -1.50. The lowest BCUT2D eigenvalue weighted by Crippen LogP contribution is -2.21. The van der Waals surface area contributed by atoms with Gasteiger partial charge in [0.1, 0.15) is 5.56 Å². The Morgan fingerprint density at radius 3 is 2.37 bits per heavy atom. The molecule has 0 atom stereocenters. The molecule has 1 fully saturated rings. The fourth-order valence-electron chi connectivity index (χ4n) is 2.73. The fraction of sp³-hybridized carbons (Fsp3) is 0.500. The smallest absolute Gasteiger partial charge is 0.422 e. The molecule has 1 aromatic rings. The molecule has 1 saturated carbocycles. The van der Waals surface area contributed by atoms with E-state index in [1.165, 1.54) is 25.7 Å². The van der Waals surface area contributed by atoms with Gasteiger partial charge in [-0.3, -0.25) is 0 Å². The van der Waals surface area contributed by atoms with E-state index in [1.807, 2.05) is 0 Å². The molecule has 0 aromatic heterocycles. The average molecular weight is 438 g/mol. The summed E-state index contributed by atoms with van der Waals surface area (Å²) >= 11 is 17.9. The Morgan fingerprint density at radius 1 is 1.07 bits per heavy atom. The Bertz CT molecular complexity index is 730. The summed E-state index contributed by atoms with van der Waals surface area (Å²) in [7, 11) is 0. The molecule has 27 heavy (non-hydrogen) atoms. The summed E-state index contributed by atoms with van der Waals surface area (Å²) in [6.07, 6.45) is 7.80. The molecule has 0 amide bonds. The Balaban J connectivity index is 1.98. The summed E-state index contributed by atoms with van der Waals surface area (Å²) in [6.45, 7) is 0.149. The lowest BCUT2D eigenvalue weighted by Gasteiger charge is -2.24. The Morgan fingerprint density at radius 2 is 1.78 bits per heavy atom. The van der Waals surface area contributed by atoms with Crippen molar-refractivity contribution >= 4 is 52.7 Å². The van der Waals surface area contributed by atoms with Crippen molar-refractivity contribution < 1.29 is 29.0 Å². The zero-order valence-electron chi connectivity index (χ0n) is 14.4. The highest BCUT2D eigenvalue weighted by atomic mass is 35.5. The number of carboxylic acid groups (broad SMARTS) is 1. The van der Waals surface area contributed by atoms with Crippen LogP contribution in [-0.4, -0.2) is 29.6 Å². The van der Waals surface area contributed by atoms with Gasteiger partial charge >= 0.3 is 17.9 Å². The molecule has 0 unspecified atom stereocenters. The van der Waals surface area contributed by atoms with Crippen molar-refractivity contribution in [3.8, 4) is 5.75 Å². The van der Waals surface area contributed by atoms with E-state index < -0.39 is 23.7 Å². The zero-order chi connectivity index (χ0) is 20.0. The van der Waals surface area contributed by atoms with E-state index in [9.17, 15) is 14.4 Å². The van der Waals surface area contributed by atoms with Gasteiger partial charge < -0.3 is 14.6 Å². The normalized spacial score (nSPS) is 13.7. The molecule has 1 aromatic carbocycles. The van der Waals surface area contributed by atoms with Gasteiger partial charge in [-0.2, -0.15) is 0 Å². The monoisotopic (exact) mass is 436 g/mol. The first-order valence-corrected chi connectivity index (χ1v) is 9.74. The molecule has 1 aliphatic rings. The molecule has 0 saturated heterocycles. The third kappa shape index (κ3) is 5.99. The summed E-state index contributed by atoms with van der Waals surface area (Å²) in [5.74, 6) is -4.00. The van der Waals surface area contributed by atoms with E-state index >= 15 is 0 Å². The highest BCUT2D eigenvalue weighted by Crippen LogP contribution is 2.40. The first-order chi connectivity index (χ1) is 12.8. The Kier molecular flexibility index (Phi) is 8.20. The molecule has 9 heteroatoms. The number of hydrogen-bond donors (Lipinski definition) is 1. The molecule has 6 nitrogen and oxygen atoms in total. The van der Waals surface area contributed by atoms with E-state index in [-0.39, 0.29) is 27.2 Å². The topological polar surface area (TPSA) is 89.9 Å². The van der Waals surface area contributed by atoms with Crippen molar-refractivity contribution in [2.24, 2.45) is 5.92 Å². The first kappa shape index (κ1) is 21.8. The summed E-state index contributed by atoms with van der Waals surface area (Å²) in [5, 5.41) is 8.17. The van der Waals surface area contributed by atoms with Crippen molar-refractivity contribution in [1.82, 2.24) is 0 Å². The van der Waals surface area contributed by atoms with E-state index in [0.717, 1.165) is 24.8 Å². The number of carbonyl (C=O) groups is 3. The van der Waals surface area contributed by atoms with Crippen LogP contribution < -0.4 is 4.74 Å². The lowest BCUT2D eigenvalue weighted by atomic mass is 9.82. The molecule has 0 spiro atoms. The minimum Gasteiger partial charge on any atom is -0.473 e. The minimum absolute atomic E-state index is 0.0516. The van der Waals surface area contributed by atoms with Gasteiger partial charge in [-0.15, -0.1) is 0 Å². The maximum absolute atomic E-state index is 12.4. The van der Waals surface area contributed by atoms with Crippen molar-refractivity contribution in [2.75, 3.05) is 6.61 Å². The predicted octanol–water partition coefficient (Wildman–Crippen LogP) is 5.15. The van der Waals surface area contributed by atoms with Crippen molar-refractivity contribution in [3.05, 3.63) is 26.7 Å². The van der Waals surface area contributed by atoms with Crippen LogP contribution in [0.2, 0.25) is 15.1 Å². The number of rotatable bonds is 8.